The lowest BCUT2D eigenvalue weighted by molar-refractivity contribution is 0.414. The molecule has 2 atom stereocenters. The number of benzene rings is 2. The second-order valence-corrected chi connectivity index (χ2v) is 7.74. The second-order valence-electron chi connectivity index (χ2n) is 7.36. The Kier molecular flexibility index (Phi) is 5.14. The van der Waals surface area contributed by atoms with Gasteiger partial charge >= 0.3 is 0 Å². The molecule has 2 aromatic heterocycles. The van der Waals surface area contributed by atoms with Gasteiger partial charge in [-0.25, -0.2) is 0 Å². The van der Waals surface area contributed by atoms with Crippen molar-refractivity contribution in [3.8, 4) is 11.4 Å². The van der Waals surface area contributed by atoms with E-state index in [1.54, 1.807) is 7.11 Å². The summed E-state index contributed by atoms with van der Waals surface area (Å²) in [5, 5.41) is 4.15. The average molecular weight is 427 g/mol. The van der Waals surface area contributed by atoms with Gasteiger partial charge in [0.25, 0.3) is 0 Å². The first-order valence-electron chi connectivity index (χ1n) is 10.1. The number of thiocarbonyl (C=S) groups is 1. The van der Waals surface area contributed by atoms with E-state index in [-0.39, 0.29) is 12.1 Å². The summed E-state index contributed by atoms with van der Waals surface area (Å²) in [6.07, 6.45) is 6.06. The predicted molar refractivity (Wildman–Crippen MR) is 127 cm³/mol. The van der Waals surface area contributed by atoms with E-state index in [2.05, 4.69) is 50.4 Å². The molecule has 0 aliphatic carbocycles. The van der Waals surface area contributed by atoms with E-state index in [0.717, 1.165) is 28.4 Å². The quantitative estimate of drug-likeness (QED) is 0.452. The molecule has 5 nitrogen and oxygen atoms in total. The fourth-order valence-electron chi connectivity index (χ4n) is 4.13. The van der Waals surface area contributed by atoms with E-state index in [9.17, 15) is 0 Å². The Balaban J connectivity index is 1.63. The lowest BCUT2D eigenvalue weighted by Gasteiger charge is -2.28. The number of nitrogens with one attached hydrogen (secondary N) is 1. The van der Waals surface area contributed by atoms with Crippen molar-refractivity contribution in [2.24, 2.45) is 0 Å². The van der Waals surface area contributed by atoms with Gasteiger partial charge in [0.1, 0.15) is 5.75 Å². The Hall–Kier alpha value is -3.64. The van der Waals surface area contributed by atoms with Crippen LogP contribution < -0.4 is 15.0 Å². The van der Waals surface area contributed by atoms with E-state index in [1.165, 1.54) is 0 Å². The highest BCUT2D eigenvalue weighted by molar-refractivity contribution is 7.80. The number of nitrogens with zero attached hydrogens (tertiary/aromatic N) is 3. The predicted octanol–water partition coefficient (Wildman–Crippen LogP) is 5.06. The molecule has 0 amide bonds. The van der Waals surface area contributed by atoms with Crippen LogP contribution in [0.1, 0.15) is 23.3 Å². The van der Waals surface area contributed by atoms with Crippen molar-refractivity contribution in [2.75, 3.05) is 12.0 Å². The molecule has 0 bridgehead atoms. The van der Waals surface area contributed by atoms with Gasteiger partial charge in [0.15, 0.2) is 5.11 Å². The van der Waals surface area contributed by atoms with Gasteiger partial charge in [-0.2, -0.15) is 0 Å². The van der Waals surface area contributed by atoms with Crippen LogP contribution in [0.25, 0.3) is 5.69 Å². The van der Waals surface area contributed by atoms with E-state index in [0.29, 0.717) is 5.11 Å². The van der Waals surface area contributed by atoms with Crippen LogP contribution in [0, 0.1) is 0 Å². The highest BCUT2D eigenvalue weighted by Gasteiger charge is 2.42. The maximum atomic E-state index is 5.81. The third-order valence-electron chi connectivity index (χ3n) is 5.55. The molecule has 6 heteroatoms. The van der Waals surface area contributed by atoms with Crippen LogP contribution in [-0.2, 0) is 0 Å². The molecule has 0 spiro atoms. The van der Waals surface area contributed by atoms with E-state index in [1.807, 2.05) is 66.9 Å². The summed E-state index contributed by atoms with van der Waals surface area (Å²) in [6, 6.07) is 26.2. The van der Waals surface area contributed by atoms with Crippen LogP contribution in [0.15, 0.2) is 97.5 Å². The van der Waals surface area contributed by atoms with Gasteiger partial charge in [0, 0.05) is 24.3 Å². The van der Waals surface area contributed by atoms with E-state index in [4.69, 9.17) is 17.0 Å². The number of methoxy groups -OCH3 is 1. The molecule has 4 aromatic rings. The van der Waals surface area contributed by atoms with Gasteiger partial charge in [-0.3, -0.25) is 4.98 Å². The molecule has 0 unspecified atom stereocenters. The van der Waals surface area contributed by atoms with Crippen LogP contribution >= 0.6 is 12.2 Å². The SMILES string of the molecule is COc1ccccc1N1C(=S)N[C@@H](c2ccccn2)[C@H]1c1ccn(-c2ccccc2)c1. The molecule has 0 radical (unpaired) electrons. The number of ether oxygens (including phenoxy) is 1. The van der Waals surface area contributed by atoms with Crippen molar-refractivity contribution in [1.82, 2.24) is 14.9 Å². The van der Waals surface area contributed by atoms with Gasteiger partial charge < -0.3 is 19.5 Å². The summed E-state index contributed by atoms with van der Waals surface area (Å²) in [4.78, 5) is 6.76. The fraction of sp³-hybridized carbons (Fsp3) is 0.120. The van der Waals surface area contributed by atoms with Gasteiger partial charge in [-0.1, -0.05) is 36.4 Å². The minimum absolute atomic E-state index is 0.0799. The first kappa shape index (κ1) is 19.3. The van der Waals surface area contributed by atoms with Gasteiger partial charge in [0.05, 0.1) is 30.6 Å². The number of para-hydroxylation sites is 3. The molecule has 1 fully saturated rings. The molecule has 1 aliphatic heterocycles. The molecule has 1 aliphatic rings. The smallest absolute Gasteiger partial charge is 0.174 e. The standard InChI is InChI=1S/C25H22N4OS/c1-30-22-13-6-5-12-21(22)29-24(23(27-25(29)31)20-11-7-8-15-26-20)18-14-16-28(17-18)19-9-3-2-4-10-19/h2-17,23-24H,1H3,(H,27,31)/t23-,24+/m0/s1. The topological polar surface area (TPSA) is 42.3 Å². The van der Waals surface area contributed by atoms with Crippen LogP contribution in [0.3, 0.4) is 0 Å². The Morgan fingerprint density at radius 3 is 2.48 bits per heavy atom. The van der Waals surface area contributed by atoms with E-state index < -0.39 is 0 Å². The van der Waals surface area contributed by atoms with Crippen LogP contribution in [0.4, 0.5) is 5.69 Å². The molecule has 1 N–H and O–H groups in total. The molecule has 1 saturated heterocycles. The minimum atomic E-state index is -0.0924. The number of pyridine rings is 1. The van der Waals surface area contributed by atoms with Gasteiger partial charge in [-0.15, -0.1) is 0 Å². The van der Waals surface area contributed by atoms with Crippen LogP contribution in [0.2, 0.25) is 0 Å². The van der Waals surface area contributed by atoms with Crippen molar-refractivity contribution in [1.29, 1.82) is 0 Å². The average Bonchev–Trinajstić information content (AvgIpc) is 3.45. The molecule has 31 heavy (non-hydrogen) atoms. The first-order valence-corrected chi connectivity index (χ1v) is 10.5. The Bertz CT molecular complexity index is 1190. The van der Waals surface area contributed by atoms with Gasteiger partial charge in [0.2, 0.25) is 0 Å². The monoisotopic (exact) mass is 426 g/mol. The summed E-state index contributed by atoms with van der Waals surface area (Å²) in [7, 11) is 1.68. The molecule has 2 aromatic carbocycles. The fourth-order valence-corrected chi connectivity index (χ4v) is 4.47. The second kappa shape index (κ2) is 8.24. The van der Waals surface area contributed by atoms with Crippen molar-refractivity contribution in [3.05, 3.63) is 109 Å². The number of aromatic nitrogens is 2. The van der Waals surface area contributed by atoms with Crippen LogP contribution in [0.5, 0.6) is 5.75 Å². The normalized spacial score (nSPS) is 18.1. The van der Waals surface area contributed by atoms with Crippen molar-refractivity contribution >= 4 is 23.0 Å². The lowest BCUT2D eigenvalue weighted by atomic mass is 9.98. The maximum absolute atomic E-state index is 5.81. The number of anilines is 1. The zero-order chi connectivity index (χ0) is 21.2. The molecule has 0 saturated carbocycles. The molecule has 3 heterocycles. The maximum Gasteiger partial charge on any atom is 0.174 e. The molecule has 154 valence electrons. The molecular formula is C25H22N4OS. The zero-order valence-corrected chi connectivity index (χ0v) is 17.9. The first-order chi connectivity index (χ1) is 15.3. The Morgan fingerprint density at radius 1 is 0.935 bits per heavy atom. The van der Waals surface area contributed by atoms with Gasteiger partial charge in [-0.05, 0) is 60.2 Å². The molecular weight excluding hydrogens is 404 g/mol. The summed E-state index contributed by atoms with van der Waals surface area (Å²) in [5.74, 6) is 0.779. The zero-order valence-electron chi connectivity index (χ0n) is 17.1. The van der Waals surface area contributed by atoms with Crippen LogP contribution in [-0.4, -0.2) is 21.8 Å². The van der Waals surface area contributed by atoms with Crippen molar-refractivity contribution < 1.29 is 4.74 Å². The summed E-state index contributed by atoms with van der Waals surface area (Å²) in [5.41, 5.74) is 4.12. The summed E-state index contributed by atoms with van der Waals surface area (Å²) in [6.45, 7) is 0. The van der Waals surface area contributed by atoms with Crippen molar-refractivity contribution in [3.63, 3.8) is 0 Å². The Labute approximate surface area is 186 Å². The summed E-state index contributed by atoms with van der Waals surface area (Å²) >= 11 is 5.81. The number of hydrogen-bond acceptors (Lipinski definition) is 3. The lowest BCUT2D eigenvalue weighted by Crippen LogP contribution is -2.29. The molecule has 5 rings (SSSR count). The highest BCUT2D eigenvalue weighted by Crippen LogP contribution is 2.44. The highest BCUT2D eigenvalue weighted by atomic mass is 32.1. The largest absolute Gasteiger partial charge is 0.495 e. The number of hydrogen-bond donors (Lipinski definition) is 1. The third-order valence-corrected chi connectivity index (χ3v) is 5.87. The minimum Gasteiger partial charge on any atom is -0.495 e. The number of rotatable bonds is 5. The van der Waals surface area contributed by atoms with Crippen molar-refractivity contribution in [2.45, 2.75) is 12.1 Å². The van der Waals surface area contributed by atoms with E-state index >= 15 is 0 Å². The third kappa shape index (κ3) is 3.55. The summed E-state index contributed by atoms with van der Waals surface area (Å²) < 4.78 is 7.79. The Morgan fingerprint density at radius 2 is 1.71 bits per heavy atom.